The number of anilines is 1. The average Bonchev–Trinajstić information content (AvgIpc) is 3.08. The van der Waals surface area contributed by atoms with Crippen molar-refractivity contribution in [3.63, 3.8) is 0 Å². The van der Waals surface area contributed by atoms with E-state index in [1.54, 1.807) is 19.2 Å². The van der Waals surface area contributed by atoms with Crippen molar-refractivity contribution >= 4 is 38.5 Å². The number of nitrogens with one attached hydrogen (secondary N) is 3. The first-order chi connectivity index (χ1) is 12.7. The van der Waals surface area contributed by atoms with Crippen LogP contribution in [0.25, 0.3) is 10.2 Å². The van der Waals surface area contributed by atoms with Crippen molar-refractivity contribution < 1.29 is 14.3 Å². The topological polar surface area (TPSA) is 92.4 Å². The van der Waals surface area contributed by atoms with Crippen molar-refractivity contribution in [2.75, 3.05) is 19.0 Å². The van der Waals surface area contributed by atoms with Crippen LogP contribution in [0.3, 0.4) is 0 Å². The quantitative estimate of drug-likeness (QED) is 0.578. The van der Waals surface area contributed by atoms with Crippen LogP contribution < -0.4 is 20.9 Å². The van der Waals surface area contributed by atoms with E-state index in [0.29, 0.717) is 10.9 Å². The van der Waals surface area contributed by atoms with Crippen LogP contribution in [-0.4, -0.2) is 30.5 Å². The highest BCUT2D eigenvalue weighted by atomic mass is 32.1. The van der Waals surface area contributed by atoms with E-state index < -0.39 is 0 Å². The molecule has 3 N–H and O–H groups in total. The number of amides is 2. The Bertz CT molecular complexity index is 892. The standard InChI is InChI=1S/C18H18N4O3S/c1-25-14-8-4-2-6-12(14)10-16(23)21-22-17(24)11-19-18-20-13-7-3-5-9-15(13)26-18/h2-9H,10-11H2,1H3,(H,19,20)(H,21,23)(H,22,24). The molecule has 2 aromatic carbocycles. The molecule has 1 heterocycles. The third-order valence-electron chi connectivity index (χ3n) is 3.58. The van der Waals surface area contributed by atoms with Gasteiger partial charge in [0.25, 0.3) is 5.91 Å². The van der Waals surface area contributed by atoms with Crippen LogP contribution in [0.1, 0.15) is 5.56 Å². The zero-order chi connectivity index (χ0) is 18.4. The van der Waals surface area contributed by atoms with Crippen molar-refractivity contribution in [2.24, 2.45) is 0 Å². The second kappa shape index (κ2) is 8.30. The highest BCUT2D eigenvalue weighted by molar-refractivity contribution is 7.22. The smallest absolute Gasteiger partial charge is 0.257 e. The molecule has 0 radical (unpaired) electrons. The number of hydrogen-bond donors (Lipinski definition) is 3. The Hall–Kier alpha value is -3.13. The number of carbonyl (C=O) groups excluding carboxylic acids is 2. The Kier molecular flexibility index (Phi) is 5.65. The molecule has 3 aromatic rings. The number of rotatable bonds is 6. The van der Waals surface area contributed by atoms with E-state index in [2.05, 4.69) is 21.2 Å². The molecule has 7 nitrogen and oxygen atoms in total. The minimum Gasteiger partial charge on any atom is -0.496 e. The Balaban J connectivity index is 1.45. The van der Waals surface area contributed by atoms with Gasteiger partial charge in [-0.1, -0.05) is 41.7 Å². The minimum absolute atomic E-state index is 0.00869. The van der Waals surface area contributed by atoms with Gasteiger partial charge in [0.2, 0.25) is 5.91 Å². The molecule has 0 saturated heterocycles. The van der Waals surface area contributed by atoms with E-state index in [1.165, 1.54) is 11.3 Å². The summed E-state index contributed by atoms with van der Waals surface area (Å²) in [5.74, 6) is -0.0630. The summed E-state index contributed by atoms with van der Waals surface area (Å²) in [4.78, 5) is 28.2. The molecule has 0 saturated carbocycles. The Morgan fingerprint density at radius 2 is 1.77 bits per heavy atom. The van der Waals surface area contributed by atoms with E-state index in [1.807, 2.05) is 36.4 Å². The average molecular weight is 370 g/mol. The number of fused-ring (bicyclic) bond motifs is 1. The first-order valence-electron chi connectivity index (χ1n) is 7.94. The predicted molar refractivity (Wildman–Crippen MR) is 101 cm³/mol. The first kappa shape index (κ1) is 17.7. The molecule has 26 heavy (non-hydrogen) atoms. The maximum atomic E-state index is 12.0. The summed E-state index contributed by atoms with van der Waals surface area (Å²) in [6, 6.07) is 15.0. The van der Waals surface area contributed by atoms with Gasteiger partial charge < -0.3 is 10.1 Å². The van der Waals surface area contributed by atoms with Crippen molar-refractivity contribution in [1.29, 1.82) is 0 Å². The molecule has 0 bridgehead atoms. The van der Waals surface area contributed by atoms with E-state index >= 15 is 0 Å². The highest BCUT2D eigenvalue weighted by Crippen LogP contribution is 2.24. The summed E-state index contributed by atoms with van der Waals surface area (Å²) < 4.78 is 6.24. The number of methoxy groups -OCH3 is 1. The summed E-state index contributed by atoms with van der Waals surface area (Å²) >= 11 is 1.47. The maximum Gasteiger partial charge on any atom is 0.257 e. The van der Waals surface area contributed by atoms with Gasteiger partial charge in [0, 0.05) is 5.56 Å². The fraction of sp³-hybridized carbons (Fsp3) is 0.167. The zero-order valence-electron chi connectivity index (χ0n) is 14.1. The van der Waals surface area contributed by atoms with Gasteiger partial charge in [-0.2, -0.15) is 0 Å². The van der Waals surface area contributed by atoms with Crippen LogP contribution >= 0.6 is 11.3 Å². The molecular formula is C18H18N4O3S. The van der Waals surface area contributed by atoms with Crippen molar-refractivity contribution in [2.45, 2.75) is 6.42 Å². The Morgan fingerprint density at radius 3 is 2.58 bits per heavy atom. The number of para-hydroxylation sites is 2. The third-order valence-corrected chi connectivity index (χ3v) is 4.57. The molecule has 8 heteroatoms. The van der Waals surface area contributed by atoms with E-state index in [0.717, 1.165) is 15.8 Å². The van der Waals surface area contributed by atoms with Crippen molar-refractivity contribution in [1.82, 2.24) is 15.8 Å². The number of carbonyl (C=O) groups is 2. The fourth-order valence-electron chi connectivity index (χ4n) is 2.35. The SMILES string of the molecule is COc1ccccc1CC(=O)NNC(=O)CNc1nc2ccccc2s1. The molecule has 0 aliphatic heterocycles. The van der Waals surface area contributed by atoms with Crippen LogP contribution in [0.15, 0.2) is 48.5 Å². The normalized spacial score (nSPS) is 10.3. The molecule has 1 aromatic heterocycles. The van der Waals surface area contributed by atoms with Crippen molar-refractivity contribution in [3.8, 4) is 5.75 Å². The summed E-state index contributed by atoms with van der Waals surface area (Å²) in [6.45, 7) is 0.00869. The molecule has 0 aliphatic rings. The van der Waals surface area contributed by atoms with Crippen molar-refractivity contribution in [3.05, 3.63) is 54.1 Å². The molecule has 0 atom stereocenters. The lowest BCUT2D eigenvalue weighted by atomic mass is 10.1. The minimum atomic E-state index is -0.363. The molecule has 3 rings (SSSR count). The molecule has 134 valence electrons. The van der Waals surface area contributed by atoms with Gasteiger partial charge in [-0.25, -0.2) is 4.98 Å². The van der Waals surface area contributed by atoms with Gasteiger partial charge in [0.15, 0.2) is 5.13 Å². The summed E-state index contributed by atoms with van der Waals surface area (Å²) in [7, 11) is 1.55. The number of hydrazine groups is 1. The summed E-state index contributed by atoms with van der Waals surface area (Å²) in [5, 5.41) is 3.60. The lowest BCUT2D eigenvalue weighted by molar-refractivity contribution is -0.127. The lowest BCUT2D eigenvalue weighted by Gasteiger charge is -2.10. The van der Waals surface area contributed by atoms with Gasteiger partial charge in [-0.3, -0.25) is 20.4 Å². The van der Waals surface area contributed by atoms with Gasteiger partial charge in [0.05, 0.1) is 30.3 Å². The predicted octanol–water partition coefficient (Wildman–Crippen LogP) is 2.11. The van der Waals surface area contributed by atoms with E-state index in [-0.39, 0.29) is 24.8 Å². The highest BCUT2D eigenvalue weighted by Gasteiger charge is 2.10. The van der Waals surface area contributed by atoms with E-state index in [4.69, 9.17) is 4.74 Å². The summed E-state index contributed by atoms with van der Waals surface area (Å²) in [5.41, 5.74) is 6.40. The molecule has 0 fully saturated rings. The Labute approximate surface area is 154 Å². The number of hydrogen-bond acceptors (Lipinski definition) is 6. The largest absolute Gasteiger partial charge is 0.496 e. The van der Waals surface area contributed by atoms with Crippen LogP contribution in [0.2, 0.25) is 0 Å². The second-order valence-electron chi connectivity index (χ2n) is 5.43. The van der Waals surface area contributed by atoms with Crippen LogP contribution in [0.5, 0.6) is 5.75 Å². The number of aromatic nitrogens is 1. The maximum absolute atomic E-state index is 12.0. The lowest BCUT2D eigenvalue weighted by Crippen LogP contribution is -2.44. The number of thiazole rings is 1. The molecular weight excluding hydrogens is 352 g/mol. The number of benzene rings is 2. The zero-order valence-corrected chi connectivity index (χ0v) is 14.9. The van der Waals surface area contributed by atoms with Gasteiger partial charge >= 0.3 is 0 Å². The van der Waals surface area contributed by atoms with Gasteiger partial charge in [-0.15, -0.1) is 0 Å². The van der Waals surface area contributed by atoms with Crippen LogP contribution in [-0.2, 0) is 16.0 Å². The number of ether oxygens (including phenoxy) is 1. The third kappa shape index (κ3) is 4.48. The molecule has 0 unspecified atom stereocenters. The monoisotopic (exact) mass is 370 g/mol. The van der Waals surface area contributed by atoms with Gasteiger partial charge in [0.1, 0.15) is 5.75 Å². The van der Waals surface area contributed by atoms with Crippen LogP contribution in [0, 0.1) is 0 Å². The summed E-state index contributed by atoms with van der Waals surface area (Å²) in [6.07, 6.45) is 0.107. The van der Waals surface area contributed by atoms with Crippen LogP contribution in [0.4, 0.5) is 5.13 Å². The van der Waals surface area contributed by atoms with Gasteiger partial charge in [-0.05, 0) is 18.2 Å². The molecule has 2 amide bonds. The molecule has 0 spiro atoms. The second-order valence-corrected chi connectivity index (χ2v) is 6.46. The first-order valence-corrected chi connectivity index (χ1v) is 8.76. The molecule has 0 aliphatic carbocycles. The van der Waals surface area contributed by atoms with E-state index in [9.17, 15) is 9.59 Å². The fourth-order valence-corrected chi connectivity index (χ4v) is 3.22. The Morgan fingerprint density at radius 1 is 1.04 bits per heavy atom. The number of nitrogens with zero attached hydrogens (tertiary/aromatic N) is 1.